The van der Waals surface area contributed by atoms with Crippen LogP contribution in [-0.2, 0) is 24.7 Å². The highest BCUT2D eigenvalue weighted by Crippen LogP contribution is 2.33. The molecule has 3 aliphatic rings. The van der Waals surface area contributed by atoms with Gasteiger partial charge in [-0.3, -0.25) is 19.2 Å². The van der Waals surface area contributed by atoms with Crippen molar-refractivity contribution in [3.63, 3.8) is 0 Å². The van der Waals surface area contributed by atoms with E-state index < -0.39 is 0 Å². The maximum atomic E-state index is 13.4. The van der Waals surface area contributed by atoms with Gasteiger partial charge in [-0.25, -0.2) is 0 Å². The summed E-state index contributed by atoms with van der Waals surface area (Å²) in [6, 6.07) is 0. The van der Waals surface area contributed by atoms with Crippen molar-refractivity contribution in [1.29, 1.82) is 0 Å². The predicted molar refractivity (Wildman–Crippen MR) is 103 cm³/mol. The van der Waals surface area contributed by atoms with E-state index in [4.69, 9.17) is 0 Å². The maximum absolute atomic E-state index is 13.4. The van der Waals surface area contributed by atoms with Crippen molar-refractivity contribution in [3.05, 3.63) is 17.0 Å². The highest BCUT2D eigenvalue weighted by Gasteiger charge is 2.43. The predicted octanol–water partition coefficient (Wildman–Crippen LogP) is 1.07. The molecule has 2 amide bonds. The van der Waals surface area contributed by atoms with Crippen molar-refractivity contribution in [3.8, 4) is 0 Å². The quantitative estimate of drug-likeness (QED) is 0.739. The molecule has 0 N–H and O–H groups in total. The van der Waals surface area contributed by atoms with Gasteiger partial charge >= 0.3 is 0 Å². The van der Waals surface area contributed by atoms with Crippen molar-refractivity contribution in [2.45, 2.75) is 50.5 Å². The van der Waals surface area contributed by atoms with Crippen LogP contribution in [0, 0.1) is 0 Å². The number of rotatable bonds is 1. The van der Waals surface area contributed by atoms with Gasteiger partial charge in [0.1, 0.15) is 0 Å². The molecule has 1 aliphatic carbocycles. The molecule has 0 aromatic carbocycles. The second kappa shape index (κ2) is 6.93. The molecule has 7 heteroatoms. The minimum atomic E-state index is -0.108. The number of amides is 2. The van der Waals surface area contributed by atoms with Crippen molar-refractivity contribution >= 4 is 11.8 Å². The first-order valence-electron chi connectivity index (χ1n) is 10.2. The molecule has 2 aliphatic heterocycles. The van der Waals surface area contributed by atoms with Crippen LogP contribution in [0.2, 0.25) is 0 Å². The monoisotopic (exact) mass is 373 g/mol. The fourth-order valence-electron chi connectivity index (χ4n) is 5.03. The number of hydrogen-bond donors (Lipinski definition) is 0. The van der Waals surface area contributed by atoms with Crippen molar-refractivity contribution in [2.75, 3.05) is 40.3 Å². The fourth-order valence-corrected chi connectivity index (χ4v) is 5.03. The van der Waals surface area contributed by atoms with Crippen LogP contribution in [0.25, 0.3) is 0 Å². The van der Waals surface area contributed by atoms with Gasteiger partial charge in [0.2, 0.25) is 5.91 Å². The Bertz CT molecular complexity index is 758. The zero-order valence-corrected chi connectivity index (χ0v) is 16.8. The summed E-state index contributed by atoms with van der Waals surface area (Å²) in [5.74, 6) is 0.285. The summed E-state index contributed by atoms with van der Waals surface area (Å²) >= 11 is 0. The topological polar surface area (TPSA) is 61.7 Å². The Morgan fingerprint density at radius 2 is 1.78 bits per heavy atom. The molecule has 7 nitrogen and oxygen atoms in total. The van der Waals surface area contributed by atoms with E-state index in [1.165, 1.54) is 12.1 Å². The third-order valence-electron chi connectivity index (χ3n) is 7.00. The molecular weight excluding hydrogens is 342 g/mol. The van der Waals surface area contributed by atoms with E-state index in [-0.39, 0.29) is 17.4 Å². The molecule has 1 aromatic rings. The summed E-state index contributed by atoms with van der Waals surface area (Å²) in [7, 11) is 5.98. The molecule has 1 spiro atoms. The molecule has 0 radical (unpaired) electrons. The van der Waals surface area contributed by atoms with Crippen LogP contribution in [0.15, 0.2) is 0 Å². The number of likely N-dealkylation sites (tertiary alicyclic amines) is 1. The van der Waals surface area contributed by atoms with E-state index in [2.05, 4.69) is 17.0 Å². The Morgan fingerprint density at radius 1 is 1.00 bits per heavy atom. The minimum absolute atomic E-state index is 0.0742. The number of nitrogens with zero attached hydrogens (tertiary/aromatic N) is 5. The van der Waals surface area contributed by atoms with E-state index in [0.29, 0.717) is 18.7 Å². The molecule has 0 bridgehead atoms. The molecule has 1 atom stereocenters. The third kappa shape index (κ3) is 3.16. The smallest absolute Gasteiger partial charge is 0.274 e. The average molecular weight is 374 g/mol. The van der Waals surface area contributed by atoms with Gasteiger partial charge in [-0.1, -0.05) is 0 Å². The first kappa shape index (κ1) is 18.5. The Hall–Kier alpha value is -1.89. The number of carbonyl (C=O) groups excluding carboxylic acids is 2. The van der Waals surface area contributed by atoms with Crippen LogP contribution in [-0.4, -0.2) is 82.1 Å². The van der Waals surface area contributed by atoms with E-state index in [1.807, 2.05) is 28.6 Å². The Labute approximate surface area is 161 Å². The molecule has 27 heavy (non-hydrogen) atoms. The zero-order valence-electron chi connectivity index (χ0n) is 16.8. The summed E-state index contributed by atoms with van der Waals surface area (Å²) in [4.78, 5) is 31.7. The standard InChI is InChI=1S/C20H31N5O2/c1-22-11-10-20(9-8-17(22)26)14-25(13-12-23(20)2)19(27)18-15-6-4-5-7-16(15)24(3)21-18/h4-14H2,1-3H3/t20-/m0/s1. The molecule has 148 valence electrons. The normalized spacial score (nSPS) is 27.0. The van der Waals surface area contributed by atoms with E-state index in [1.54, 1.807) is 0 Å². The number of carbonyl (C=O) groups is 2. The summed E-state index contributed by atoms with van der Waals surface area (Å²) < 4.78 is 1.91. The zero-order chi connectivity index (χ0) is 19.2. The van der Waals surface area contributed by atoms with Gasteiger partial charge in [-0.05, 0) is 45.6 Å². The van der Waals surface area contributed by atoms with E-state index in [9.17, 15) is 9.59 Å². The summed E-state index contributed by atoms with van der Waals surface area (Å²) in [5.41, 5.74) is 2.95. The summed E-state index contributed by atoms with van der Waals surface area (Å²) in [6.07, 6.45) is 6.59. The van der Waals surface area contributed by atoms with Crippen LogP contribution in [0.5, 0.6) is 0 Å². The first-order valence-corrected chi connectivity index (χ1v) is 10.2. The number of fused-ring (bicyclic) bond motifs is 1. The van der Waals surface area contributed by atoms with Crippen molar-refractivity contribution in [2.24, 2.45) is 7.05 Å². The van der Waals surface area contributed by atoms with Gasteiger partial charge in [0.15, 0.2) is 5.69 Å². The van der Waals surface area contributed by atoms with Gasteiger partial charge < -0.3 is 9.80 Å². The molecule has 3 heterocycles. The van der Waals surface area contributed by atoms with Crippen LogP contribution in [0.1, 0.15) is 53.8 Å². The lowest BCUT2D eigenvalue weighted by molar-refractivity contribution is -0.129. The van der Waals surface area contributed by atoms with Crippen LogP contribution >= 0.6 is 0 Å². The average Bonchev–Trinajstić information content (AvgIpc) is 2.95. The minimum Gasteiger partial charge on any atom is -0.346 e. The lowest BCUT2D eigenvalue weighted by Gasteiger charge is -2.49. The van der Waals surface area contributed by atoms with Crippen molar-refractivity contribution in [1.82, 2.24) is 24.5 Å². The number of hydrogen-bond acceptors (Lipinski definition) is 4. The molecule has 4 rings (SSSR count). The van der Waals surface area contributed by atoms with E-state index in [0.717, 1.165) is 57.3 Å². The molecule has 0 unspecified atom stereocenters. The Kier molecular flexibility index (Phi) is 4.74. The van der Waals surface area contributed by atoms with Crippen LogP contribution in [0.4, 0.5) is 0 Å². The molecule has 2 fully saturated rings. The lowest BCUT2D eigenvalue weighted by Crippen LogP contribution is -2.62. The highest BCUT2D eigenvalue weighted by molar-refractivity contribution is 5.94. The number of aryl methyl sites for hydroxylation is 1. The number of aromatic nitrogens is 2. The highest BCUT2D eigenvalue weighted by atomic mass is 16.2. The van der Waals surface area contributed by atoms with E-state index >= 15 is 0 Å². The van der Waals surface area contributed by atoms with Gasteiger partial charge in [-0.2, -0.15) is 5.10 Å². The first-order chi connectivity index (χ1) is 12.9. The summed E-state index contributed by atoms with van der Waals surface area (Å²) in [6.45, 7) is 3.02. The second-order valence-corrected chi connectivity index (χ2v) is 8.54. The van der Waals surface area contributed by atoms with Gasteiger partial charge in [0, 0.05) is 63.5 Å². The van der Waals surface area contributed by atoms with Crippen molar-refractivity contribution < 1.29 is 9.59 Å². The number of piperazine rings is 1. The SMILES string of the molecule is CN1CC[C@@]2(CCC1=O)CN(C(=O)c1nn(C)c3c1CCCC3)CCN2C. The van der Waals surface area contributed by atoms with Crippen LogP contribution < -0.4 is 0 Å². The molecular formula is C20H31N5O2. The Balaban J connectivity index is 1.58. The summed E-state index contributed by atoms with van der Waals surface area (Å²) in [5, 5.41) is 4.61. The third-order valence-corrected chi connectivity index (χ3v) is 7.00. The second-order valence-electron chi connectivity index (χ2n) is 8.54. The lowest BCUT2D eigenvalue weighted by atomic mass is 9.86. The molecule has 2 saturated heterocycles. The fraction of sp³-hybridized carbons (Fsp3) is 0.750. The van der Waals surface area contributed by atoms with Gasteiger partial charge in [-0.15, -0.1) is 0 Å². The largest absolute Gasteiger partial charge is 0.346 e. The maximum Gasteiger partial charge on any atom is 0.274 e. The van der Waals surface area contributed by atoms with Gasteiger partial charge in [0.05, 0.1) is 0 Å². The Morgan fingerprint density at radius 3 is 2.59 bits per heavy atom. The molecule has 1 aromatic heterocycles. The number of likely N-dealkylation sites (N-methyl/N-ethyl adjacent to an activating group) is 1. The molecule has 0 saturated carbocycles. The van der Waals surface area contributed by atoms with Gasteiger partial charge in [0.25, 0.3) is 5.91 Å². The van der Waals surface area contributed by atoms with Crippen LogP contribution in [0.3, 0.4) is 0 Å².